The van der Waals surface area contributed by atoms with E-state index < -0.39 is 16.1 Å². The highest BCUT2D eigenvalue weighted by atomic mass is 32.2. The van der Waals surface area contributed by atoms with E-state index in [0.29, 0.717) is 24.8 Å². The summed E-state index contributed by atoms with van der Waals surface area (Å²) in [5.74, 6) is 7.25. The van der Waals surface area contributed by atoms with Crippen molar-refractivity contribution in [2.24, 2.45) is 11.8 Å². The predicted molar refractivity (Wildman–Crippen MR) is 113 cm³/mol. The average molecular weight is 421 g/mol. The van der Waals surface area contributed by atoms with E-state index in [4.69, 9.17) is 4.74 Å². The number of hydrogen-bond acceptors (Lipinski definition) is 5. The van der Waals surface area contributed by atoms with Crippen LogP contribution in [-0.4, -0.2) is 56.7 Å². The maximum atomic E-state index is 13.3. The van der Waals surface area contributed by atoms with Crippen molar-refractivity contribution in [2.45, 2.75) is 56.6 Å². The van der Waals surface area contributed by atoms with E-state index in [1.165, 1.54) is 17.1 Å². The summed E-state index contributed by atoms with van der Waals surface area (Å²) in [7, 11) is -1.94. The Morgan fingerprint density at radius 3 is 2.72 bits per heavy atom. The standard InChI is InChI=1S/C22H32N2O4S/c1-16-14-24(17(2)15-25)29(26,27)22-11-10-19(9-8-18-6-4-5-7-18)12-20(22)28-21(16)13-23-3/h10-12,16-18,21,23,25H,4-7,13-15H2,1-3H3/t16-,17-,21-/m1/s1. The Balaban J connectivity index is 2.03. The van der Waals surface area contributed by atoms with Gasteiger partial charge in [0, 0.05) is 36.5 Å². The van der Waals surface area contributed by atoms with E-state index in [0.717, 1.165) is 18.4 Å². The first-order valence-corrected chi connectivity index (χ1v) is 11.9. The zero-order valence-corrected chi connectivity index (χ0v) is 18.3. The molecule has 1 fully saturated rings. The smallest absolute Gasteiger partial charge is 0.247 e. The van der Waals surface area contributed by atoms with Crippen molar-refractivity contribution in [2.75, 3.05) is 26.7 Å². The molecule has 1 aliphatic carbocycles. The summed E-state index contributed by atoms with van der Waals surface area (Å²) in [5.41, 5.74) is 0.768. The van der Waals surface area contributed by atoms with Crippen LogP contribution in [0.15, 0.2) is 23.1 Å². The lowest BCUT2D eigenvalue weighted by Gasteiger charge is -2.36. The number of rotatable bonds is 4. The number of likely N-dealkylation sites (N-methyl/N-ethyl adjacent to an activating group) is 1. The molecule has 3 rings (SSSR count). The number of benzene rings is 1. The first-order valence-electron chi connectivity index (χ1n) is 10.5. The largest absolute Gasteiger partial charge is 0.487 e. The van der Waals surface area contributed by atoms with Crippen LogP contribution in [0.1, 0.15) is 45.1 Å². The Labute approximate surface area is 174 Å². The van der Waals surface area contributed by atoms with Crippen molar-refractivity contribution in [3.63, 3.8) is 0 Å². The number of sulfonamides is 1. The minimum absolute atomic E-state index is 0.0485. The third kappa shape index (κ3) is 4.95. The number of ether oxygens (including phenoxy) is 1. The van der Waals surface area contributed by atoms with E-state index in [9.17, 15) is 13.5 Å². The molecule has 1 heterocycles. The molecular formula is C22H32N2O4S. The Morgan fingerprint density at radius 2 is 2.07 bits per heavy atom. The minimum atomic E-state index is -3.79. The molecule has 2 aliphatic rings. The van der Waals surface area contributed by atoms with Crippen LogP contribution in [0.4, 0.5) is 0 Å². The summed E-state index contributed by atoms with van der Waals surface area (Å²) in [5, 5.41) is 12.8. The second-order valence-electron chi connectivity index (χ2n) is 8.21. The highest BCUT2D eigenvalue weighted by molar-refractivity contribution is 7.89. The number of nitrogens with zero attached hydrogens (tertiary/aromatic N) is 1. The van der Waals surface area contributed by atoms with Crippen molar-refractivity contribution in [3.8, 4) is 17.6 Å². The molecule has 0 radical (unpaired) electrons. The van der Waals surface area contributed by atoms with E-state index >= 15 is 0 Å². The van der Waals surface area contributed by atoms with Gasteiger partial charge in [-0.05, 0) is 45.0 Å². The van der Waals surface area contributed by atoms with Gasteiger partial charge in [-0.1, -0.05) is 31.6 Å². The zero-order valence-electron chi connectivity index (χ0n) is 17.5. The highest BCUT2D eigenvalue weighted by Gasteiger charge is 2.37. The lowest BCUT2D eigenvalue weighted by Crippen LogP contribution is -2.49. The van der Waals surface area contributed by atoms with E-state index in [2.05, 4.69) is 17.2 Å². The topological polar surface area (TPSA) is 78.9 Å². The van der Waals surface area contributed by atoms with E-state index in [-0.39, 0.29) is 23.5 Å². The fourth-order valence-electron chi connectivity index (χ4n) is 4.00. The SMILES string of the molecule is CNC[C@H]1Oc2cc(C#CC3CCCC3)ccc2S(=O)(=O)N([C@H](C)CO)C[C@H]1C. The van der Waals surface area contributed by atoms with Gasteiger partial charge in [0.25, 0.3) is 0 Å². The molecule has 1 aromatic rings. The van der Waals surface area contributed by atoms with Crippen molar-refractivity contribution in [3.05, 3.63) is 23.8 Å². The quantitative estimate of drug-likeness (QED) is 0.731. The first kappa shape index (κ1) is 22.1. The van der Waals surface area contributed by atoms with Gasteiger partial charge < -0.3 is 15.2 Å². The van der Waals surface area contributed by atoms with Gasteiger partial charge in [-0.25, -0.2) is 8.42 Å². The second kappa shape index (κ2) is 9.48. The van der Waals surface area contributed by atoms with Gasteiger partial charge in [0.1, 0.15) is 16.7 Å². The molecule has 1 saturated carbocycles. The van der Waals surface area contributed by atoms with E-state index in [1.54, 1.807) is 25.1 Å². The van der Waals surface area contributed by atoms with Gasteiger partial charge in [0.15, 0.2) is 0 Å². The Kier molecular flexibility index (Phi) is 7.23. The molecule has 0 unspecified atom stereocenters. The van der Waals surface area contributed by atoms with Crippen LogP contribution >= 0.6 is 0 Å². The van der Waals surface area contributed by atoms with Crippen LogP contribution in [-0.2, 0) is 10.0 Å². The molecule has 0 bridgehead atoms. The van der Waals surface area contributed by atoms with Crippen molar-refractivity contribution in [1.82, 2.24) is 9.62 Å². The van der Waals surface area contributed by atoms with Gasteiger partial charge in [-0.2, -0.15) is 4.31 Å². The van der Waals surface area contributed by atoms with Gasteiger partial charge in [0.2, 0.25) is 10.0 Å². The number of hydrogen-bond donors (Lipinski definition) is 2. The second-order valence-corrected chi connectivity index (χ2v) is 10.1. The molecule has 0 amide bonds. The summed E-state index contributed by atoms with van der Waals surface area (Å²) in [6, 6.07) is 4.58. The van der Waals surface area contributed by atoms with Crippen LogP contribution in [0, 0.1) is 23.7 Å². The molecule has 0 saturated heterocycles. The number of aliphatic hydroxyl groups is 1. The normalized spacial score (nSPS) is 25.8. The van der Waals surface area contributed by atoms with Gasteiger partial charge in [-0.3, -0.25) is 0 Å². The fourth-order valence-corrected chi connectivity index (χ4v) is 5.83. The Hall–Kier alpha value is -1.59. The Bertz CT molecular complexity index is 869. The van der Waals surface area contributed by atoms with Crippen molar-refractivity contribution in [1.29, 1.82) is 0 Å². The predicted octanol–water partition coefficient (Wildman–Crippen LogP) is 2.22. The highest BCUT2D eigenvalue weighted by Crippen LogP contribution is 2.34. The maximum Gasteiger partial charge on any atom is 0.247 e. The molecule has 1 aliphatic heterocycles. The zero-order chi connectivity index (χ0) is 21.0. The molecule has 2 N–H and O–H groups in total. The third-order valence-electron chi connectivity index (χ3n) is 5.85. The van der Waals surface area contributed by atoms with Gasteiger partial charge >= 0.3 is 0 Å². The number of fused-ring (bicyclic) bond motifs is 1. The lowest BCUT2D eigenvalue weighted by atomic mass is 10.0. The molecule has 1 aromatic carbocycles. The summed E-state index contributed by atoms with van der Waals surface area (Å²) in [6.07, 6.45) is 4.54. The van der Waals surface area contributed by atoms with Crippen LogP contribution < -0.4 is 10.1 Å². The van der Waals surface area contributed by atoms with Crippen LogP contribution in [0.3, 0.4) is 0 Å². The number of aliphatic hydroxyl groups excluding tert-OH is 1. The molecule has 7 heteroatoms. The lowest BCUT2D eigenvalue weighted by molar-refractivity contribution is 0.103. The van der Waals surface area contributed by atoms with Crippen LogP contribution in [0.2, 0.25) is 0 Å². The summed E-state index contributed by atoms with van der Waals surface area (Å²) >= 11 is 0. The maximum absolute atomic E-state index is 13.3. The van der Waals surface area contributed by atoms with Crippen LogP contribution in [0.5, 0.6) is 5.75 Å². The molecule has 160 valence electrons. The average Bonchev–Trinajstić information content (AvgIpc) is 3.22. The van der Waals surface area contributed by atoms with Gasteiger partial charge in [0.05, 0.1) is 6.61 Å². The first-order chi connectivity index (χ1) is 13.9. The minimum Gasteiger partial charge on any atom is -0.487 e. The molecular weight excluding hydrogens is 388 g/mol. The molecule has 0 aromatic heterocycles. The van der Waals surface area contributed by atoms with Crippen molar-refractivity contribution >= 4 is 10.0 Å². The number of nitrogens with one attached hydrogen (secondary N) is 1. The van der Waals surface area contributed by atoms with Crippen LogP contribution in [0.25, 0.3) is 0 Å². The molecule has 6 nitrogen and oxygen atoms in total. The summed E-state index contributed by atoms with van der Waals surface area (Å²) in [6.45, 7) is 4.35. The summed E-state index contributed by atoms with van der Waals surface area (Å²) in [4.78, 5) is 0.136. The Morgan fingerprint density at radius 1 is 1.34 bits per heavy atom. The molecule has 3 atom stereocenters. The molecule has 29 heavy (non-hydrogen) atoms. The van der Waals surface area contributed by atoms with Crippen molar-refractivity contribution < 1.29 is 18.3 Å². The molecule has 0 spiro atoms. The third-order valence-corrected chi connectivity index (χ3v) is 7.87. The summed E-state index contributed by atoms with van der Waals surface area (Å²) < 4.78 is 34.3. The van der Waals surface area contributed by atoms with Gasteiger partial charge in [-0.15, -0.1) is 0 Å². The van der Waals surface area contributed by atoms with E-state index in [1.807, 2.05) is 14.0 Å². The fraction of sp³-hybridized carbons (Fsp3) is 0.636. The monoisotopic (exact) mass is 420 g/mol.